The quantitative estimate of drug-likeness (QED) is 0.563. The standard InChI is InChI=1S/C22H27FN6O/c1-3-30-20-10-6-18(7-11-20)21(28-14-12-27(2)13-15-28)22-24-25-26-29(22)16-17-4-8-19(23)9-5-17/h4-11,21H,3,12-16H2,1-2H3/p+2/t21-/m0/s1. The lowest BCUT2D eigenvalue weighted by molar-refractivity contribution is -1.02. The number of halogens is 1. The lowest BCUT2D eigenvalue weighted by Crippen LogP contribution is -3.27. The van der Waals surface area contributed by atoms with E-state index in [4.69, 9.17) is 4.74 Å². The van der Waals surface area contributed by atoms with Gasteiger partial charge in [0.05, 0.1) is 20.2 Å². The molecule has 1 fully saturated rings. The molecule has 0 amide bonds. The zero-order chi connectivity index (χ0) is 20.9. The average Bonchev–Trinajstić information content (AvgIpc) is 3.20. The van der Waals surface area contributed by atoms with Crippen molar-refractivity contribution < 1.29 is 18.9 Å². The van der Waals surface area contributed by atoms with Crippen LogP contribution in [0, 0.1) is 5.82 Å². The Morgan fingerprint density at radius 1 is 1.03 bits per heavy atom. The van der Waals surface area contributed by atoms with Gasteiger partial charge in [-0.15, -0.1) is 5.10 Å². The van der Waals surface area contributed by atoms with E-state index in [1.807, 2.05) is 23.7 Å². The molecule has 1 atom stereocenters. The maximum atomic E-state index is 13.3. The second-order valence-corrected chi connectivity index (χ2v) is 7.87. The molecular weight excluding hydrogens is 383 g/mol. The smallest absolute Gasteiger partial charge is 0.214 e. The van der Waals surface area contributed by atoms with E-state index in [9.17, 15) is 4.39 Å². The van der Waals surface area contributed by atoms with Gasteiger partial charge in [-0.3, -0.25) is 0 Å². The molecule has 1 saturated heterocycles. The highest BCUT2D eigenvalue weighted by molar-refractivity contribution is 5.31. The van der Waals surface area contributed by atoms with Gasteiger partial charge in [-0.25, -0.2) is 9.07 Å². The second kappa shape index (κ2) is 9.32. The average molecular weight is 413 g/mol. The Hall–Kier alpha value is -2.84. The van der Waals surface area contributed by atoms with Crippen LogP contribution in [0.1, 0.15) is 29.9 Å². The molecule has 3 aromatic rings. The number of rotatable bonds is 7. The number of aromatic nitrogens is 4. The Bertz CT molecular complexity index is 935. The normalized spacial score (nSPS) is 20.1. The van der Waals surface area contributed by atoms with E-state index in [2.05, 4.69) is 34.7 Å². The van der Waals surface area contributed by atoms with Crippen LogP contribution in [-0.4, -0.2) is 60.0 Å². The van der Waals surface area contributed by atoms with Gasteiger partial charge < -0.3 is 14.5 Å². The fourth-order valence-electron chi connectivity index (χ4n) is 4.07. The number of tetrazole rings is 1. The number of hydrogen-bond acceptors (Lipinski definition) is 4. The van der Waals surface area contributed by atoms with Crippen LogP contribution < -0.4 is 14.5 Å². The fraction of sp³-hybridized carbons (Fsp3) is 0.409. The Kier molecular flexibility index (Phi) is 6.35. The molecule has 30 heavy (non-hydrogen) atoms. The van der Waals surface area contributed by atoms with Gasteiger partial charge in [-0.05, 0) is 59.3 Å². The monoisotopic (exact) mass is 412 g/mol. The first-order chi connectivity index (χ1) is 14.6. The van der Waals surface area contributed by atoms with Crippen LogP contribution in [0.25, 0.3) is 0 Å². The Morgan fingerprint density at radius 3 is 2.40 bits per heavy atom. The second-order valence-electron chi connectivity index (χ2n) is 7.87. The molecule has 7 nitrogen and oxygen atoms in total. The highest BCUT2D eigenvalue weighted by Crippen LogP contribution is 2.21. The first-order valence-corrected chi connectivity index (χ1v) is 10.5. The number of quaternary nitrogens is 2. The third-order valence-corrected chi connectivity index (χ3v) is 5.74. The first kappa shape index (κ1) is 20.4. The number of likely N-dealkylation sites (N-methyl/N-ethyl adjacent to an activating group) is 1. The van der Waals surface area contributed by atoms with Gasteiger partial charge in [0.1, 0.15) is 37.7 Å². The summed E-state index contributed by atoms with van der Waals surface area (Å²) in [6.45, 7) is 7.46. The van der Waals surface area contributed by atoms with E-state index in [0.717, 1.165) is 43.3 Å². The van der Waals surface area contributed by atoms with Crippen molar-refractivity contribution >= 4 is 0 Å². The van der Waals surface area contributed by atoms with Crippen molar-refractivity contribution in [1.82, 2.24) is 20.2 Å². The molecule has 158 valence electrons. The van der Waals surface area contributed by atoms with Crippen LogP contribution in [0.5, 0.6) is 5.75 Å². The van der Waals surface area contributed by atoms with Crippen LogP contribution in [-0.2, 0) is 6.54 Å². The molecule has 0 aliphatic carbocycles. The van der Waals surface area contributed by atoms with Crippen LogP contribution >= 0.6 is 0 Å². The molecule has 2 heterocycles. The van der Waals surface area contributed by atoms with Gasteiger partial charge in [0.25, 0.3) is 0 Å². The maximum absolute atomic E-state index is 13.3. The minimum atomic E-state index is -0.243. The molecule has 4 rings (SSSR count). The van der Waals surface area contributed by atoms with Crippen molar-refractivity contribution in [3.8, 4) is 5.75 Å². The van der Waals surface area contributed by atoms with E-state index >= 15 is 0 Å². The van der Waals surface area contributed by atoms with Crippen LogP contribution in [0.4, 0.5) is 4.39 Å². The number of piperazine rings is 1. The van der Waals surface area contributed by atoms with Crippen LogP contribution in [0.3, 0.4) is 0 Å². The minimum absolute atomic E-state index is 0.0317. The number of hydrogen-bond donors (Lipinski definition) is 2. The van der Waals surface area contributed by atoms with Gasteiger partial charge in [0.15, 0.2) is 6.04 Å². The Morgan fingerprint density at radius 2 is 1.73 bits per heavy atom. The van der Waals surface area contributed by atoms with Crippen LogP contribution in [0.2, 0.25) is 0 Å². The molecule has 2 aromatic carbocycles. The largest absolute Gasteiger partial charge is 0.494 e. The van der Waals surface area contributed by atoms with E-state index in [1.54, 1.807) is 17.0 Å². The highest BCUT2D eigenvalue weighted by atomic mass is 19.1. The minimum Gasteiger partial charge on any atom is -0.494 e. The van der Waals surface area contributed by atoms with E-state index in [-0.39, 0.29) is 11.9 Å². The molecule has 0 saturated carbocycles. The molecular formula is C22H29FN6O+2. The van der Waals surface area contributed by atoms with Gasteiger partial charge >= 0.3 is 0 Å². The predicted octanol–water partition coefficient (Wildman–Crippen LogP) is -0.238. The van der Waals surface area contributed by atoms with Crippen molar-refractivity contribution in [3.05, 3.63) is 71.3 Å². The molecule has 0 spiro atoms. The molecule has 0 unspecified atom stereocenters. The summed E-state index contributed by atoms with van der Waals surface area (Å²) in [5, 5.41) is 12.7. The zero-order valence-corrected chi connectivity index (χ0v) is 17.5. The molecule has 0 bridgehead atoms. The summed E-state index contributed by atoms with van der Waals surface area (Å²) in [5.74, 6) is 1.45. The molecule has 0 radical (unpaired) electrons. The third-order valence-electron chi connectivity index (χ3n) is 5.74. The number of nitrogens with zero attached hydrogens (tertiary/aromatic N) is 4. The van der Waals surface area contributed by atoms with Crippen molar-refractivity contribution in [2.45, 2.75) is 19.5 Å². The summed E-state index contributed by atoms with van der Waals surface area (Å²) in [4.78, 5) is 3.01. The first-order valence-electron chi connectivity index (χ1n) is 10.5. The van der Waals surface area contributed by atoms with Gasteiger partial charge in [0, 0.05) is 5.56 Å². The topological polar surface area (TPSA) is 61.7 Å². The summed E-state index contributed by atoms with van der Waals surface area (Å²) in [5.41, 5.74) is 2.14. The number of benzene rings is 2. The van der Waals surface area contributed by atoms with E-state index in [1.165, 1.54) is 22.6 Å². The summed E-state index contributed by atoms with van der Waals surface area (Å²) >= 11 is 0. The number of nitrogens with one attached hydrogen (secondary N) is 2. The molecule has 1 aliphatic rings. The molecule has 1 aliphatic heterocycles. The summed E-state index contributed by atoms with van der Waals surface area (Å²) in [6, 6.07) is 14.8. The van der Waals surface area contributed by atoms with Crippen LogP contribution in [0.15, 0.2) is 48.5 Å². The number of ether oxygens (including phenoxy) is 1. The van der Waals surface area contributed by atoms with Crippen molar-refractivity contribution in [3.63, 3.8) is 0 Å². The Balaban J connectivity index is 1.66. The molecule has 2 N–H and O–H groups in total. The third kappa shape index (κ3) is 4.66. The van der Waals surface area contributed by atoms with Gasteiger partial charge in [-0.2, -0.15) is 0 Å². The summed E-state index contributed by atoms with van der Waals surface area (Å²) in [6.07, 6.45) is 0. The van der Waals surface area contributed by atoms with Crippen molar-refractivity contribution in [1.29, 1.82) is 0 Å². The lowest BCUT2D eigenvalue weighted by atomic mass is 10.0. The summed E-state index contributed by atoms with van der Waals surface area (Å²) < 4.78 is 20.8. The maximum Gasteiger partial charge on any atom is 0.214 e. The lowest BCUT2D eigenvalue weighted by Gasteiger charge is -2.32. The molecule has 1 aromatic heterocycles. The highest BCUT2D eigenvalue weighted by Gasteiger charge is 2.34. The van der Waals surface area contributed by atoms with Gasteiger partial charge in [0.2, 0.25) is 5.82 Å². The SMILES string of the molecule is CCOc1ccc([C@@H](c2nnnn2Cc2ccc(F)cc2)[NH+]2CC[NH+](C)CC2)cc1. The van der Waals surface area contributed by atoms with Gasteiger partial charge in [-0.1, -0.05) is 12.1 Å². The summed E-state index contributed by atoms with van der Waals surface area (Å²) in [7, 11) is 2.24. The Labute approximate surface area is 176 Å². The van der Waals surface area contributed by atoms with E-state index in [0.29, 0.717) is 13.2 Å². The van der Waals surface area contributed by atoms with Crippen molar-refractivity contribution in [2.75, 3.05) is 39.8 Å². The van der Waals surface area contributed by atoms with E-state index < -0.39 is 0 Å². The zero-order valence-electron chi connectivity index (χ0n) is 17.5. The van der Waals surface area contributed by atoms with Crippen molar-refractivity contribution in [2.24, 2.45) is 0 Å². The fourth-order valence-corrected chi connectivity index (χ4v) is 4.07. The molecule has 8 heteroatoms. The predicted molar refractivity (Wildman–Crippen MR) is 110 cm³/mol.